The van der Waals surface area contributed by atoms with Gasteiger partial charge in [-0.15, -0.1) is 0 Å². The smallest absolute Gasteiger partial charge is 0.337 e. The van der Waals surface area contributed by atoms with Gasteiger partial charge in [0.2, 0.25) is 5.91 Å². The highest BCUT2D eigenvalue weighted by atomic mass is 35.5. The second-order valence-electron chi connectivity index (χ2n) is 4.00. The lowest BCUT2D eigenvalue weighted by molar-refractivity contribution is -0.116. The average Bonchev–Trinajstić information content (AvgIpc) is 2.34. The fourth-order valence-electron chi connectivity index (χ4n) is 1.52. The van der Waals surface area contributed by atoms with Crippen molar-refractivity contribution >= 4 is 29.2 Å². The van der Waals surface area contributed by atoms with Gasteiger partial charge in [-0.05, 0) is 31.0 Å². The van der Waals surface area contributed by atoms with Crippen molar-refractivity contribution in [3.05, 3.63) is 28.8 Å². The third-order valence-electron chi connectivity index (χ3n) is 2.49. The second-order valence-corrected chi connectivity index (χ2v) is 4.41. The summed E-state index contributed by atoms with van der Waals surface area (Å²) in [6.07, 6.45) is 1.95. The fourth-order valence-corrected chi connectivity index (χ4v) is 1.78. The third kappa shape index (κ3) is 5.28. The van der Waals surface area contributed by atoms with Crippen LogP contribution in [0.2, 0.25) is 5.02 Å². The Hall–Kier alpha value is -1.59. The van der Waals surface area contributed by atoms with Crippen LogP contribution < -0.4 is 5.32 Å². The Morgan fingerprint density at radius 3 is 2.68 bits per heavy atom. The number of halogens is 1. The van der Waals surface area contributed by atoms with Crippen LogP contribution in [0.4, 0.5) is 5.69 Å². The summed E-state index contributed by atoms with van der Waals surface area (Å²) in [5, 5.41) is 11.6. The number of nitrogens with one attached hydrogen (secondary N) is 1. The zero-order valence-corrected chi connectivity index (χ0v) is 11.4. The minimum absolute atomic E-state index is 0.0137. The van der Waals surface area contributed by atoms with Crippen molar-refractivity contribution in [3.8, 4) is 0 Å². The number of methoxy groups -OCH3 is 1. The van der Waals surface area contributed by atoms with Crippen molar-refractivity contribution in [2.45, 2.75) is 19.3 Å². The molecule has 0 saturated carbocycles. The van der Waals surface area contributed by atoms with Crippen LogP contribution in [0.15, 0.2) is 18.2 Å². The maximum Gasteiger partial charge on any atom is 0.337 e. The van der Waals surface area contributed by atoms with Gasteiger partial charge >= 0.3 is 5.97 Å². The van der Waals surface area contributed by atoms with Crippen molar-refractivity contribution in [3.63, 3.8) is 0 Å². The van der Waals surface area contributed by atoms with Crippen LogP contribution in [0.1, 0.15) is 29.6 Å². The summed E-state index contributed by atoms with van der Waals surface area (Å²) < 4.78 is 4.89. The highest BCUT2D eigenvalue weighted by molar-refractivity contribution is 6.33. The molecule has 0 aliphatic carbocycles. The van der Waals surface area contributed by atoms with Gasteiger partial charge < -0.3 is 15.2 Å². The Balaban J connectivity index is 2.51. The van der Waals surface area contributed by atoms with Crippen LogP contribution in [0.25, 0.3) is 0 Å². The molecule has 6 heteroatoms. The molecule has 1 amide bonds. The van der Waals surface area contributed by atoms with E-state index in [9.17, 15) is 9.59 Å². The Kier molecular flexibility index (Phi) is 6.32. The number of anilines is 1. The van der Waals surface area contributed by atoms with Crippen molar-refractivity contribution < 1.29 is 19.4 Å². The average molecular weight is 286 g/mol. The number of hydrogen-bond acceptors (Lipinski definition) is 3. The van der Waals surface area contributed by atoms with E-state index in [1.807, 2.05) is 0 Å². The van der Waals surface area contributed by atoms with E-state index in [-0.39, 0.29) is 16.5 Å². The number of hydrogen-bond donors (Lipinski definition) is 2. The molecule has 0 heterocycles. The molecule has 1 aromatic rings. The quantitative estimate of drug-likeness (QED) is 0.755. The molecule has 2 N–H and O–H groups in total. The number of carbonyl (C=O) groups is 2. The molecular formula is C13H16ClNO4. The zero-order chi connectivity index (χ0) is 14.3. The molecule has 0 saturated heterocycles. The largest absolute Gasteiger partial charge is 0.478 e. The maximum atomic E-state index is 11.6. The molecule has 104 valence electrons. The number of carbonyl (C=O) groups excluding carboxylic acids is 1. The van der Waals surface area contributed by atoms with Gasteiger partial charge in [0, 0.05) is 25.8 Å². The first kappa shape index (κ1) is 15.5. The van der Waals surface area contributed by atoms with Crippen molar-refractivity contribution in [1.29, 1.82) is 0 Å². The summed E-state index contributed by atoms with van der Waals surface area (Å²) >= 11 is 5.80. The molecule has 0 radical (unpaired) electrons. The number of benzene rings is 1. The van der Waals surface area contributed by atoms with E-state index in [1.165, 1.54) is 18.2 Å². The van der Waals surface area contributed by atoms with Crippen molar-refractivity contribution in [2.75, 3.05) is 19.0 Å². The first-order valence-corrected chi connectivity index (χ1v) is 6.24. The molecule has 0 aliphatic heterocycles. The molecule has 0 unspecified atom stereocenters. The third-order valence-corrected chi connectivity index (χ3v) is 2.80. The molecule has 0 aliphatic rings. The van der Waals surface area contributed by atoms with Crippen LogP contribution >= 0.6 is 11.6 Å². The lowest BCUT2D eigenvalue weighted by Gasteiger charge is -2.07. The highest BCUT2D eigenvalue weighted by Crippen LogP contribution is 2.21. The SMILES string of the molecule is COCCCCC(=O)Nc1ccc(C(=O)O)c(Cl)c1. The van der Waals surface area contributed by atoms with Crippen LogP contribution in [-0.4, -0.2) is 30.7 Å². The molecule has 0 spiro atoms. The van der Waals surface area contributed by atoms with Gasteiger partial charge in [-0.1, -0.05) is 11.6 Å². The summed E-state index contributed by atoms with van der Waals surface area (Å²) in [7, 11) is 1.62. The monoisotopic (exact) mass is 285 g/mol. The zero-order valence-electron chi connectivity index (χ0n) is 10.6. The number of unbranched alkanes of at least 4 members (excludes halogenated alkanes) is 1. The Labute approximate surface area is 116 Å². The van der Waals surface area contributed by atoms with Crippen LogP contribution in [0.5, 0.6) is 0 Å². The molecule has 1 aromatic carbocycles. The first-order valence-electron chi connectivity index (χ1n) is 5.86. The first-order chi connectivity index (χ1) is 9.04. The summed E-state index contributed by atoms with van der Waals surface area (Å²) in [6.45, 7) is 0.631. The normalized spacial score (nSPS) is 10.2. The van der Waals surface area contributed by atoms with E-state index >= 15 is 0 Å². The Morgan fingerprint density at radius 2 is 2.11 bits per heavy atom. The van der Waals surface area contributed by atoms with Crippen LogP contribution in [0.3, 0.4) is 0 Å². The van der Waals surface area contributed by atoms with E-state index in [1.54, 1.807) is 7.11 Å². The van der Waals surface area contributed by atoms with Gasteiger partial charge in [0.1, 0.15) is 0 Å². The minimum Gasteiger partial charge on any atom is -0.478 e. The summed E-state index contributed by atoms with van der Waals surface area (Å²) in [4.78, 5) is 22.4. The number of carboxylic acids is 1. The molecule has 0 bridgehead atoms. The Morgan fingerprint density at radius 1 is 1.37 bits per heavy atom. The van der Waals surface area contributed by atoms with Crippen molar-refractivity contribution in [1.82, 2.24) is 0 Å². The van der Waals surface area contributed by atoms with Gasteiger partial charge in [-0.25, -0.2) is 4.79 Å². The van der Waals surface area contributed by atoms with Gasteiger partial charge in [0.15, 0.2) is 0 Å². The second kappa shape index (κ2) is 7.76. The number of amides is 1. The number of aromatic carboxylic acids is 1. The van der Waals surface area contributed by atoms with E-state index < -0.39 is 5.97 Å². The van der Waals surface area contributed by atoms with Gasteiger partial charge in [-0.3, -0.25) is 4.79 Å². The predicted molar refractivity (Wildman–Crippen MR) is 72.8 cm³/mol. The van der Waals surface area contributed by atoms with Crippen LogP contribution in [-0.2, 0) is 9.53 Å². The number of ether oxygens (including phenoxy) is 1. The highest BCUT2D eigenvalue weighted by Gasteiger charge is 2.10. The van der Waals surface area contributed by atoms with E-state index in [2.05, 4.69) is 5.32 Å². The molecular weight excluding hydrogens is 270 g/mol. The predicted octanol–water partition coefficient (Wildman–Crippen LogP) is 2.79. The van der Waals surface area contributed by atoms with Crippen LogP contribution in [0, 0.1) is 0 Å². The lowest BCUT2D eigenvalue weighted by Crippen LogP contribution is -2.11. The summed E-state index contributed by atoms with van der Waals surface area (Å²) in [5.74, 6) is -1.22. The number of carboxylic acid groups (broad SMARTS) is 1. The molecule has 1 rings (SSSR count). The van der Waals surface area contributed by atoms with E-state index in [0.717, 1.165) is 12.8 Å². The van der Waals surface area contributed by atoms with E-state index in [4.69, 9.17) is 21.4 Å². The summed E-state index contributed by atoms with van der Waals surface area (Å²) in [6, 6.07) is 4.31. The molecule has 19 heavy (non-hydrogen) atoms. The minimum atomic E-state index is -1.09. The summed E-state index contributed by atoms with van der Waals surface area (Å²) in [5.41, 5.74) is 0.506. The standard InChI is InChI=1S/C13H16ClNO4/c1-19-7-3-2-4-12(16)15-9-5-6-10(13(17)18)11(14)8-9/h5-6,8H,2-4,7H2,1H3,(H,15,16)(H,17,18). The van der Waals surface area contributed by atoms with Gasteiger partial charge in [-0.2, -0.15) is 0 Å². The fraction of sp³-hybridized carbons (Fsp3) is 0.385. The Bertz CT molecular complexity index is 462. The molecule has 0 atom stereocenters. The molecule has 0 fully saturated rings. The van der Waals surface area contributed by atoms with E-state index in [0.29, 0.717) is 18.7 Å². The topological polar surface area (TPSA) is 75.6 Å². The lowest BCUT2D eigenvalue weighted by atomic mass is 10.2. The number of rotatable bonds is 7. The molecule has 5 nitrogen and oxygen atoms in total. The molecule has 0 aromatic heterocycles. The van der Waals surface area contributed by atoms with Gasteiger partial charge in [0.05, 0.1) is 10.6 Å². The van der Waals surface area contributed by atoms with Gasteiger partial charge in [0.25, 0.3) is 0 Å². The van der Waals surface area contributed by atoms with Crippen molar-refractivity contribution in [2.24, 2.45) is 0 Å². The maximum absolute atomic E-state index is 11.6.